The number of nitrogens with one attached hydrogen (secondary N) is 2. The normalized spacial score (nSPS) is 18.4. The number of hydrogen-bond donors (Lipinski definition) is 2. The average molecular weight is 327 g/mol. The molecule has 0 bridgehead atoms. The number of benzene rings is 1. The van der Waals surface area contributed by atoms with E-state index in [1.54, 1.807) is 0 Å². The van der Waals surface area contributed by atoms with Crippen molar-refractivity contribution in [3.63, 3.8) is 0 Å². The first-order valence-electron chi connectivity index (χ1n) is 7.84. The molecule has 1 aromatic carbocycles. The Kier molecular flexibility index (Phi) is 7.69. The number of aryl methyl sites for hydroxylation is 1. The smallest absolute Gasteiger partial charge is 0.224 e. The van der Waals surface area contributed by atoms with Crippen LogP contribution >= 0.6 is 12.4 Å². The van der Waals surface area contributed by atoms with E-state index >= 15 is 0 Å². The molecule has 4 nitrogen and oxygen atoms in total. The molecule has 0 radical (unpaired) electrons. The standard InChI is InChI=1S/C17H26N2O2.ClH/c1-4-13(3)21-16-9-12(2)5-6-14(16)11-19-17(20)15-7-8-18-10-15;/h5-6,9,13,15,18H,4,7-8,10-11H2,1-3H3,(H,19,20);1H. The molecule has 2 atom stereocenters. The molecule has 124 valence electrons. The predicted molar refractivity (Wildman–Crippen MR) is 91.6 cm³/mol. The van der Waals surface area contributed by atoms with Gasteiger partial charge in [0, 0.05) is 18.7 Å². The maximum absolute atomic E-state index is 12.1. The van der Waals surface area contributed by atoms with Crippen LogP contribution in [-0.2, 0) is 11.3 Å². The minimum absolute atomic E-state index is 0. The van der Waals surface area contributed by atoms with E-state index in [0.29, 0.717) is 6.54 Å². The van der Waals surface area contributed by atoms with Gasteiger partial charge in [0.1, 0.15) is 5.75 Å². The Hall–Kier alpha value is -1.26. The van der Waals surface area contributed by atoms with E-state index < -0.39 is 0 Å². The molecule has 0 spiro atoms. The van der Waals surface area contributed by atoms with Crippen LogP contribution in [0.2, 0.25) is 0 Å². The fourth-order valence-electron chi connectivity index (χ4n) is 2.42. The minimum Gasteiger partial charge on any atom is -0.490 e. The second-order valence-corrected chi connectivity index (χ2v) is 5.86. The Balaban J connectivity index is 0.00000242. The summed E-state index contributed by atoms with van der Waals surface area (Å²) in [6.07, 6.45) is 2.07. The number of carbonyl (C=O) groups excluding carboxylic acids is 1. The lowest BCUT2D eigenvalue weighted by molar-refractivity contribution is -0.124. The topological polar surface area (TPSA) is 50.4 Å². The fraction of sp³-hybridized carbons (Fsp3) is 0.588. The van der Waals surface area contributed by atoms with Crippen LogP contribution in [0.3, 0.4) is 0 Å². The Morgan fingerprint density at radius 2 is 2.27 bits per heavy atom. The zero-order chi connectivity index (χ0) is 15.2. The van der Waals surface area contributed by atoms with Gasteiger partial charge in [-0.3, -0.25) is 4.79 Å². The molecular weight excluding hydrogens is 300 g/mol. The maximum atomic E-state index is 12.1. The lowest BCUT2D eigenvalue weighted by Gasteiger charge is -2.18. The van der Waals surface area contributed by atoms with Crippen molar-refractivity contribution in [2.24, 2.45) is 5.92 Å². The van der Waals surface area contributed by atoms with Crippen molar-refractivity contribution >= 4 is 18.3 Å². The number of hydrogen-bond acceptors (Lipinski definition) is 3. The summed E-state index contributed by atoms with van der Waals surface area (Å²) in [6, 6.07) is 6.15. The second kappa shape index (κ2) is 9.01. The number of ether oxygens (including phenoxy) is 1. The molecule has 1 aromatic rings. The molecule has 1 fully saturated rings. The van der Waals surface area contributed by atoms with Crippen LogP contribution in [0.25, 0.3) is 0 Å². The van der Waals surface area contributed by atoms with Crippen molar-refractivity contribution in [2.45, 2.75) is 46.3 Å². The largest absolute Gasteiger partial charge is 0.490 e. The number of carbonyl (C=O) groups is 1. The lowest BCUT2D eigenvalue weighted by Crippen LogP contribution is -2.31. The van der Waals surface area contributed by atoms with E-state index in [0.717, 1.165) is 37.2 Å². The molecule has 2 N–H and O–H groups in total. The van der Waals surface area contributed by atoms with E-state index in [1.807, 2.05) is 12.1 Å². The maximum Gasteiger partial charge on any atom is 0.224 e. The molecule has 0 aliphatic carbocycles. The van der Waals surface area contributed by atoms with Crippen molar-refractivity contribution in [3.8, 4) is 5.75 Å². The molecule has 1 saturated heterocycles. The van der Waals surface area contributed by atoms with E-state index in [4.69, 9.17) is 4.74 Å². The van der Waals surface area contributed by atoms with Gasteiger partial charge in [-0.1, -0.05) is 19.1 Å². The second-order valence-electron chi connectivity index (χ2n) is 5.86. The van der Waals surface area contributed by atoms with Crippen LogP contribution in [-0.4, -0.2) is 25.1 Å². The van der Waals surface area contributed by atoms with Crippen LogP contribution in [0.5, 0.6) is 5.75 Å². The molecule has 1 aliphatic rings. The molecular formula is C17H27ClN2O2. The first kappa shape index (κ1) is 18.8. The summed E-state index contributed by atoms with van der Waals surface area (Å²) < 4.78 is 5.97. The third-order valence-corrected chi connectivity index (χ3v) is 4.01. The van der Waals surface area contributed by atoms with Gasteiger partial charge in [0.05, 0.1) is 12.0 Å². The molecule has 2 rings (SSSR count). The summed E-state index contributed by atoms with van der Waals surface area (Å²) in [5.74, 6) is 1.12. The van der Waals surface area contributed by atoms with Crippen LogP contribution in [0.15, 0.2) is 18.2 Å². The van der Waals surface area contributed by atoms with Gasteiger partial charge >= 0.3 is 0 Å². The highest BCUT2D eigenvalue weighted by molar-refractivity contribution is 5.85. The monoisotopic (exact) mass is 326 g/mol. The van der Waals surface area contributed by atoms with Gasteiger partial charge in [0.2, 0.25) is 5.91 Å². The van der Waals surface area contributed by atoms with Crippen molar-refractivity contribution in [2.75, 3.05) is 13.1 Å². The Labute approximate surface area is 139 Å². The summed E-state index contributed by atoms with van der Waals surface area (Å²) in [5, 5.41) is 6.25. The van der Waals surface area contributed by atoms with Crippen molar-refractivity contribution in [1.82, 2.24) is 10.6 Å². The molecule has 1 aliphatic heterocycles. The number of amides is 1. The summed E-state index contributed by atoms with van der Waals surface area (Å²) in [4.78, 5) is 12.1. The summed E-state index contributed by atoms with van der Waals surface area (Å²) in [7, 11) is 0. The van der Waals surface area contributed by atoms with Crippen LogP contribution in [0, 0.1) is 12.8 Å². The highest BCUT2D eigenvalue weighted by atomic mass is 35.5. The highest BCUT2D eigenvalue weighted by Gasteiger charge is 2.22. The summed E-state index contributed by atoms with van der Waals surface area (Å²) in [6.45, 7) is 8.47. The van der Waals surface area contributed by atoms with E-state index in [9.17, 15) is 4.79 Å². The van der Waals surface area contributed by atoms with E-state index in [2.05, 4.69) is 37.5 Å². The third-order valence-electron chi connectivity index (χ3n) is 4.01. The van der Waals surface area contributed by atoms with Gasteiger partial charge in [-0.15, -0.1) is 12.4 Å². The molecule has 0 aromatic heterocycles. The van der Waals surface area contributed by atoms with Crippen molar-refractivity contribution < 1.29 is 9.53 Å². The Morgan fingerprint density at radius 1 is 1.50 bits per heavy atom. The van der Waals surface area contributed by atoms with E-state index in [-0.39, 0.29) is 30.3 Å². The Morgan fingerprint density at radius 3 is 2.91 bits per heavy atom. The first-order valence-corrected chi connectivity index (χ1v) is 7.84. The highest BCUT2D eigenvalue weighted by Crippen LogP contribution is 2.22. The van der Waals surface area contributed by atoms with Gasteiger partial charge in [-0.25, -0.2) is 0 Å². The average Bonchev–Trinajstić information content (AvgIpc) is 3.00. The van der Waals surface area contributed by atoms with Crippen LogP contribution in [0.1, 0.15) is 37.8 Å². The fourth-order valence-corrected chi connectivity index (χ4v) is 2.42. The third kappa shape index (κ3) is 5.18. The zero-order valence-corrected chi connectivity index (χ0v) is 14.5. The van der Waals surface area contributed by atoms with Gasteiger partial charge in [0.15, 0.2) is 0 Å². The van der Waals surface area contributed by atoms with Crippen molar-refractivity contribution in [3.05, 3.63) is 29.3 Å². The lowest BCUT2D eigenvalue weighted by atomic mass is 10.1. The molecule has 1 amide bonds. The molecule has 0 saturated carbocycles. The zero-order valence-electron chi connectivity index (χ0n) is 13.6. The van der Waals surface area contributed by atoms with Crippen LogP contribution < -0.4 is 15.4 Å². The van der Waals surface area contributed by atoms with Gasteiger partial charge in [-0.2, -0.15) is 0 Å². The minimum atomic E-state index is 0. The molecule has 2 unspecified atom stereocenters. The number of halogens is 1. The van der Waals surface area contributed by atoms with Crippen molar-refractivity contribution in [1.29, 1.82) is 0 Å². The summed E-state index contributed by atoms with van der Waals surface area (Å²) >= 11 is 0. The Bertz CT molecular complexity index is 488. The van der Waals surface area contributed by atoms with Gasteiger partial charge < -0.3 is 15.4 Å². The quantitative estimate of drug-likeness (QED) is 0.845. The first-order chi connectivity index (χ1) is 10.1. The van der Waals surface area contributed by atoms with Gasteiger partial charge in [-0.05, 0) is 44.9 Å². The molecule has 1 heterocycles. The number of rotatable bonds is 6. The van der Waals surface area contributed by atoms with Gasteiger partial charge in [0.25, 0.3) is 0 Å². The molecule has 5 heteroatoms. The summed E-state index contributed by atoms with van der Waals surface area (Å²) in [5.41, 5.74) is 2.21. The van der Waals surface area contributed by atoms with E-state index in [1.165, 1.54) is 5.56 Å². The predicted octanol–water partition coefficient (Wildman–Crippen LogP) is 2.82. The van der Waals surface area contributed by atoms with Crippen LogP contribution in [0.4, 0.5) is 0 Å². The molecule has 22 heavy (non-hydrogen) atoms. The SMILES string of the molecule is CCC(C)Oc1cc(C)ccc1CNC(=O)C1CCNC1.Cl.